The molecule has 2 heterocycles. The van der Waals surface area contributed by atoms with Gasteiger partial charge in [-0.1, -0.05) is 0 Å². The molecule has 2 rings (SSSR count). The van der Waals surface area contributed by atoms with Crippen molar-refractivity contribution in [2.24, 2.45) is 7.05 Å². The van der Waals surface area contributed by atoms with E-state index in [1.54, 1.807) is 0 Å². The summed E-state index contributed by atoms with van der Waals surface area (Å²) in [6.45, 7) is 3.80. The maximum absolute atomic E-state index is 9.99. The van der Waals surface area contributed by atoms with Crippen LogP contribution in [0.3, 0.4) is 0 Å². The molecule has 0 saturated carbocycles. The minimum absolute atomic E-state index is 0.500. The number of aliphatic hydroxyl groups is 1. The van der Waals surface area contributed by atoms with Crippen molar-refractivity contribution in [2.75, 3.05) is 18.0 Å². The molecule has 1 aliphatic rings. The Morgan fingerprint density at radius 3 is 2.87 bits per heavy atom. The summed E-state index contributed by atoms with van der Waals surface area (Å²) in [6, 6.07) is 0. The lowest BCUT2D eigenvalue weighted by atomic mass is 9.98. The van der Waals surface area contributed by atoms with E-state index >= 15 is 0 Å². The number of hydrogen-bond acceptors (Lipinski definition) is 3. The van der Waals surface area contributed by atoms with Gasteiger partial charge in [-0.2, -0.15) is 0 Å². The van der Waals surface area contributed by atoms with Crippen molar-refractivity contribution in [2.45, 2.75) is 31.8 Å². The zero-order valence-electron chi connectivity index (χ0n) is 9.48. The molecule has 4 heteroatoms. The second kappa shape index (κ2) is 3.85. The first-order valence-corrected chi connectivity index (χ1v) is 5.53. The fourth-order valence-corrected chi connectivity index (χ4v) is 2.13. The molecule has 1 aliphatic heterocycles. The van der Waals surface area contributed by atoms with Crippen LogP contribution in [0.4, 0.5) is 5.95 Å². The highest BCUT2D eigenvalue weighted by molar-refractivity contribution is 5.31. The molecule has 1 aromatic heterocycles. The number of nitrogens with zero attached hydrogens (tertiary/aromatic N) is 3. The van der Waals surface area contributed by atoms with Gasteiger partial charge >= 0.3 is 0 Å². The predicted molar refractivity (Wildman–Crippen MR) is 59.9 cm³/mol. The van der Waals surface area contributed by atoms with E-state index in [-0.39, 0.29) is 0 Å². The maximum Gasteiger partial charge on any atom is 0.205 e. The average molecular weight is 209 g/mol. The van der Waals surface area contributed by atoms with Gasteiger partial charge in [0.05, 0.1) is 5.60 Å². The Morgan fingerprint density at radius 1 is 1.40 bits per heavy atom. The first-order valence-electron chi connectivity index (χ1n) is 5.53. The van der Waals surface area contributed by atoms with Crippen molar-refractivity contribution in [3.05, 3.63) is 12.4 Å². The minimum Gasteiger partial charge on any atom is -0.390 e. The third-order valence-electron chi connectivity index (χ3n) is 3.14. The number of aromatic nitrogens is 2. The molecule has 0 amide bonds. The van der Waals surface area contributed by atoms with Crippen LogP contribution in [-0.2, 0) is 7.05 Å². The van der Waals surface area contributed by atoms with Gasteiger partial charge in [0.15, 0.2) is 0 Å². The molecular weight excluding hydrogens is 190 g/mol. The summed E-state index contributed by atoms with van der Waals surface area (Å²) in [5, 5.41) is 9.99. The van der Waals surface area contributed by atoms with Crippen molar-refractivity contribution in [3.63, 3.8) is 0 Å². The third kappa shape index (κ3) is 2.31. The fraction of sp³-hybridized carbons (Fsp3) is 0.727. The van der Waals surface area contributed by atoms with E-state index in [0.29, 0.717) is 0 Å². The summed E-state index contributed by atoms with van der Waals surface area (Å²) in [4.78, 5) is 6.59. The van der Waals surface area contributed by atoms with Crippen LogP contribution in [0.1, 0.15) is 26.2 Å². The molecule has 1 atom stereocenters. The molecule has 0 bridgehead atoms. The third-order valence-corrected chi connectivity index (χ3v) is 3.14. The van der Waals surface area contributed by atoms with E-state index in [1.807, 2.05) is 30.9 Å². The number of imidazole rings is 1. The second-order valence-corrected chi connectivity index (χ2v) is 4.68. The van der Waals surface area contributed by atoms with E-state index in [2.05, 4.69) is 9.88 Å². The Labute approximate surface area is 90.5 Å². The monoisotopic (exact) mass is 209 g/mol. The van der Waals surface area contributed by atoms with Crippen molar-refractivity contribution < 1.29 is 5.11 Å². The van der Waals surface area contributed by atoms with Gasteiger partial charge in [0.2, 0.25) is 5.95 Å². The summed E-state index contributed by atoms with van der Waals surface area (Å²) in [5.41, 5.74) is -0.500. The molecule has 15 heavy (non-hydrogen) atoms. The Balaban J connectivity index is 2.09. The maximum atomic E-state index is 9.99. The van der Waals surface area contributed by atoms with Crippen molar-refractivity contribution in [1.82, 2.24) is 9.55 Å². The highest BCUT2D eigenvalue weighted by Gasteiger charge is 2.25. The quantitative estimate of drug-likeness (QED) is 0.754. The smallest absolute Gasteiger partial charge is 0.205 e. The molecule has 1 saturated heterocycles. The summed E-state index contributed by atoms with van der Waals surface area (Å²) < 4.78 is 2.03. The molecule has 0 spiro atoms. The lowest BCUT2D eigenvalue weighted by Crippen LogP contribution is -2.29. The number of hydrogen-bond donors (Lipinski definition) is 1. The van der Waals surface area contributed by atoms with Crippen LogP contribution in [0.2, 0.25) is 0 Å². The van der Waals surface area contributed by atoms with Gasteiger partial charge in [-0.25, -0.2) is 4.98 Å². The van der Waals surface area contributed by atoms with Crippen molar-refractivity contribution in [3.8, 4) is 0 Å². The van der Waals surface area contributed by atoms with Gasteiger partial charge in [0.25, 0.3) is 0 Å². The normalized spacial score (nSPS) is 27.8. The van der Waals surface area contributed by atoms with E-state index in [4.69, 9.17) is 0 Å². The van der Waals surface area contributed by atoms with Gasteiger partial charge in [-0.15, -0.1) is 0 Å². The Hall–Kier alpha value is -1.03. The Kier molecular flexibility index (Phi) is 2.69. The lowest BCUT2D eigenvalue weighted by Gasteiger charge is -2.23. The molecule has 1 aromatic rings. The van der Waals surface area contributed by atoms with Crippen LogP contribution < -0.4 is 4.90 Å². The molecule has 4 nitrogen and oxygen atoms in total. The average Bonchev–Trinajstić information content (AvgIpc) is 2.49. The standard InChI is InChI=1S/C11H19N3O/c1-11(15)4-3-7-14(8-5-11)10-12-6-9-13(10)2/h6,9,15H,3-5,7-8H2,1-2H3. The SMILES string of the molecule is Cn1ccnc1N1CCCC(C)(O)CC1. The summed E-state index contributed by atoms with van der Waals surface area (Å²) in [6.07, 6.45) is 6.50. The molecular formula is C11H19N3O. The molecule has 84 valence electrons. The molecule has 0 aromatic carbocycles. The van der Waals surface area contributed by atoms with Crippen LogP contribution in [0.15, 0.2) is 12.4 Å². The van der Waals surface area contributed by atoms with Gasteiger partial charge in [-0.05, 0) is 26.2 Å². The topological polar surface area (TPSA) is 41.3 Å². The van der Waals surface area contributed by atoms with Gasteiger partial charge in [0.1, 0.15) is 0 Å². The number of rotatable bonds is 1. The Bertz CT molecular complexity index is 332. The zero-order chi connectivity index (χ0) is 10.9. The van der Waals surface area contributed by atoms with Gasteiger partial charge in [0, 0.05) is 32.5 Å². The van der Waals surface area contributed by atoms with E-state index < -0.39 is 5.60 Å². The van der Waals surface area contributed by atoms with Crippen molar-refractivity contribution in [1.29, 1.82) is 0 Å². The second-order valence-electron chi connectivity index (χ2n) is 4.68. The highest BCUT2D eigenvalue weighted by atomic mass is 16.3. The molecule has 1 fully saturated rings. The molecule has 0 radical (unpaired) electrons. The summed E-state index contributed by atoms with van der Waals surface area (Å²) >= 11 is 0. The lowest BCUT2D eigenvalue weighted by molar-refractivity contribution is 0.0481. The zero-order valence-corrected chi connectivity index (χ0v) is 9.48. The number of anilines is 1. The van der Waals surface area contributed by atoms with E-state index in [0.717, 1.165) is 38.3 Å². The van der Waals surface area contributed by atoms with Crippen LogP contribution in [-0.4, -0.2) is 33.3 Å². The minimum atomic E-state index is -0.500. The Morgan fingerprint density at radius 2 is 2.20 bits per heavy atom. The van der Waals surface area contributed by atoms with Crippen LogP contribution in [0.5, 0.6) is 0 Å². The van der Waals surface area contributed by atoms with Gasteiger partial charge in [-0.3, -0.25) is 0 Å². The van der Waals surface area contributed by atoms with Crippen LogP contribution >= 0.6 is 0 Å². The summed E-state index contributed by atoms with van der Waals surface area (Å²) in [5.74, 6) is 1.01. The van der Waals surface area contributed by atoms with E-state index in [1.165, 1.54) is 0 Å². The van der Waals surface area contributed by atoms with Gasteiger partial charge < -0.3 is 14.6 Å². The first-order chi connectivity index (χ1) is 7.08. The molecule has 0 aliphatic carbocycles. The highest BCUT2D eigenvalue weighted by Crippen LogP contribution is 2.23. The van der Waals surface area contributed by atoms with Crippen LogP contribution in [0, 0.1) is 0 Å². The first kappa shape index (κ1) is 10.5. The molecule has 1 unspecified atom stereocenters. The van der Waals surface area contributed by atoms with Crippen molar-refractivity contribution >= 4 is 5.95 Å². The largest absolute Gasteiger partial charge is 0.390 e. The number of aryl methyl sites for hydroxylation is 1. The van der Waals surface area contributed by atoms with Crippen LogP contribution in [0.25, 0.3) is 0 Å². The summed E-state index contributed by atoms with van der Waals surface area (Å²) in [7, 11) is 2.01. The molecule has 1 N–H and O–H groups in total. The fourth-order valence-electron chi connectivity index (χ4n) is 2.13. The van der Waals surface area contributed by atoms with E-state index in [9.17, 15) is 5.11 Å². The predicted octanol–water partition coefficient (Wildman–Crippen LogP) is 1.16.